The van der Waals surface area contributed by atoms with Gasteiger partial charge in [0.2, 0.25) is 0 Å². The number of pyridine rings is 1. The lowest BCUT2D eigenvalue weighted by atomic mass is 9.79. The van der Waals surface area contributed by atoms with Crippen molar-refractivity contribution in [3.63, 3.8) is 0 Å². The number of hydrogen-bond donors (Lipinski definition) is 0. The molecule has 1 aromatic heterocycles. The topological polar surface area (TPSA) is 20.9 Å². The van der Waals surface area contributed by atoms with Crippen LogP contribution in [-0.4, -0.2) is 5.78 Å². The Hall–Kier alpha value is -2.26. The molecule has 0 aliphatic heterocycles. The molecule has 0 amide bonds. The van der Waals surface area contributed by atoms with Crippen molar-refractivity contribution in [1.82, 2.24) is 0 Å². The molecule has 4 rings (SSSR count). The molecular weight excluding hydrogens is 410 g/mol. The highest BCUT2D eigenvalue weighted by Gasteiger charge is 2.28. The van der Waals surface area contributed by atoms with Crippen molar-refractivity contribution in [3.05, 3.63) is 98.8 Å². The fraction of sp³-hybridized carbons (Fsp3) is 0.280. The second-order valence-electron chi connectivity index (χ2n) is 7.94. The highest BCUT2D eigenvalue weighted by atomic mass is 79.9. The molecule has 1 aliphatic rings. The second kappa shape index (κ2) is 8.00. The van der Waals surface area contributed by atoms with Crippen molar-refractivity contribution in [1.29, 1.82) is 0 Å². The first-order valence-corrected chi connectivity index (χ1v) is 10.7. The molecule has 0 fully saturated rings. The molecular formula is C25H25BrNO+. The van der Waals surface area contributed by atoms with Gasteiger partial charge in [-0.15, -0.1) is 0 Å². The van der Waals surface area contributed by atoms with E-state index in [0.29, 0.717) is 5.78 Å². The largest absolute Gasteiger partial charge is 0.294 e. The number of fused-ring (bicyclic) bond motifs is 1. The number of rotatable bonds is 4. The van der Waals surface area contributed by atoms with Crippen LogP contribution in [0.4, 0.5) is 0 Å². The zero-order valence-electron chi connectivity index (χ0n) is 16.4. The van der Waals surface area contributed by atoms with Crippen LogP contribution in [0.25, 0.3) is 0 Å². The van der Waals surface area contributed by atoms with Crippen LogP contribution in [0.15, 0.2) is 65.4 Å². The maximum atomic E-state index is 13.0. The van der Waals surface area contributed by atoms with E-state index in [1.54, 1.807) is 0 Å². The van der Waals surface area contributed by atoms with Gasteiger partial charge in [-0.3, -0.25) is 4.79 Å². The summed E-state index contributed by atoms with van der Waals surface area (Å²) in [5.74, 6) is 0.365. The average molecular weight is 435 g/mol. The lowest BCUT2D eigenvalue weighted by Crippen LogP contribution is -2.34. The summed E-state index contributed by atoms with van der Waals surface area (Å²) >= 11 is 3.73. The van der Waals surface area contributed by atoms with Crippen LogP contribution in [0, 0.1) is 19.8 Å². The maximum Gasteiger partial charge on any atom is 0.183 e. The summed E-state index contributed by atoms with van der Waals surface area (Å²) in [5, 5.41) is 0. The summed E-state index contributed by atoms with van der Waals surface area (Å²) in [7, 11) is 0. The number of aromatic nitrogens is 1. The minimum atomic E-state index is 0.0686. The number of benzene rings is 2. The first kappa shape index (κ1) is 19.1. The summed E-state index contributed by atoms with van der Waals surface area (Å²) in [4.78, 5) is 13.0. The Bertz CT molecular complexity index is 1040. The van der Waals surface area contributed by atoms with Gasteiger partial charge < -0.3 is 0 Å². The van der Waals surface area contributed by atoms with Gasteiger partial charge in [0, 0.05) is 23.1 Å². The third-order valence-corrected chi connectivity index (χ3v) is 6.34. The highest BCUT2D eigenvalue weighted by molar-refractivity contribution is 9.10. The van der Waals surface area contributed by atoms with Crippen LogP contribution in [0.1, 0.15) is 44.6 Å². The number of Topliss-reactive ketones (excluding diaryl/α,β-unsaturated/α-hetero) is 1. The smallest absolute Gasteiger partial charge is 0.183 e. The molecule has 0 spiro atoms. The minimum absolute atomic E-state index is 0.0686. The fourth-order valence-corrected chi connectivity index (χ4v) is 4.69. The minimum Gasteiger partial charge on any atom is -0.294 e. The van der Waals surface area contributed by atoms with Gasteiger partial charge in [0.05, 0.1) is 4.47 Å². The van der Waals surface area contributed by atoms with Crippen LogP contribution < -0.4 is 4.57 Å². The van der Waals surface area contributed by atoms with Gasteiger partial charge in [-0.1, -0.05) is 47.5 Å². The molecule has 0 bridgehead atoms. The second-order valence-corrected chi connectivity index (χ2v) is 8.80. The quantitative estimate of drug-likeness (QED) is 0.504. The number of carbonyl (C=O) groups excluding carboxylic acids is 1. The Morgan fingerprint density at radius 3 is 2.68 bits per heavy atom. The molecule has 3 aromatic rings. The summed E-state index contributed by atoms with van der Waals surface area (Å²) in [6.07, 6.45) is 6.96. The standard InChI is InChI=1S/C25H25BrNO/c1-17-4-3-5-19(12-17)15-27-11-10-21(24(26)16-27)14-22-8-7-20-13-18(2)6-9-23(20)25(22)28/h3-6,9-13,16,22H,7-8,14-15H2,1-2H3/q+1. The van der Waals surface area contributed by atoms with Gasteiger partial charge in [-0.05, 0) is 66.2 Å². The van der Waals surface area contributed by atoms with E-state index in [-0.39, 0.29) is 5.92 Å². The zero-order chi connectivity index (χ0) is 19.7. The van der Waals surface area contributed by atoms with Crippen molar-refractivity contribution in [2.75, 3.05) is 0 Å². The number of halogens is 1. The molecule has 28 heavy (non-hydrogen) atoms. The molecule has 2 aromatic carbocycles. The summed E-state index contributed by atoms with van der Waals surface area (Å²) in [5.41, 5.74) is 7.13. The summed E-state index contributed by atoms with van der Waals surface area (Å²) in [6, 6.07) is 17.0. The molecule has 2 nitrogen and oxygen atoms in total. The SMILES string of the molecule is Cc1cccc(C[n+]2ccc(CC3CCc4cc(C)ccc4C3=O)c(Br)c2)c1. The number of aryl methyl sites for hydroxylation is 3. The molecule has 1 atom stereocenters. The molecule has 3 heteroatoms. The van der Waals surface area contributed by atoms with Gasteiger partial charge in [-0.25, -0.2) is 0 Å². The first-order valence-electron chi connectivity index (χ1n) is 9.86. The van der Waals surface area contributed by atoms with Gasteiger partial charge in [0.1, 0.15) is 0 Å². The summed E-state index contributed by atoms with van der Waals surface area (Å²) < 4.78 is 3.26. The van der Waals surface area contributed by atoms with Gasteiger partial charge >= 0.3 is 0 Å². The Labute approximate surface area is 175 Å². The molecule has 0 radical (unpaired) electrons. The van der Waals surface area contributed by atoms with Crippen LogP contribution >= 0.6 is 15.9 Å². The van der Waals surface area contributed by atoms with E-state index in [2.05, 4.69) is 83.1 Å². The Morgan fingerprint density at radius 2 is 1.89 bits per heavy atom. The monoisotopic (exact) mass is 434 g/mol. The van der Waals surface area contributed by atoms with Crippen LogP contribution in [0.5, 0.6) is 0 Å². The van der Waals surface area contributed by atoms with Gasteiger partial charge in [-0.2, -0.15) is 4.57 Å². The first-order chi connectivity index (χ1) is 13.5. The van der Waals surface area contributed by atoms with E-state index >= 15 is 0 Å². The average Bonchev–Trinajstić information content (AvgIpc) is 2.66. The lowest BCUT2D eigenvalue weighted by Gasteiger charge is -2.24. The number of hydrogen-bond acceptors (Lipinski definition) is 1. The molecule has 0 saturated carbocycles. The highest BCUT2D eigenvalue weighted by Crippen LogP contribution is 2.30. The summed E-state index contributed by atoms with van der Waals surface area (Å²) in [6.45, 7) is 5.05. The molecule has 1 aliphatic carbocycles. The lowest BCUT2D eigenvalue weighted by molar-refractivity contribution is -0.689. The Morgan fingerprint density at radius 1 is 1.07 bits per heavy atom. The third kappa shape index (κ3) is 4.10. The van der Waals surface area contributed by atoms with Crippen molar-refractivity contribution in [2.24, 2.45) is 5.92 Å². The van der Waals surface area contributed by atoms with Crippen molar-refractivity contribution >= 4 is 21.7 Å². The number of ketones is 1. The fourth-order valence-electron chi connectivity index (χ4n) is 4.13. The zero-order valence-corrected chi connectivity index (χ0v) is 18.0. The normalized spacial score (nSPS) is 16.1. The van der Waals surface area contributed by atoms with Crippen LogP contribution in [-0.2, 0) is 19.4 Å². The van der Waals surface area contributed by atoms with E-state index in [9.17, 15) is 4.79 Å². The third-order valence-electron chi connectivity index (χ3n) is 5.63. The van der Waals surface area contributed by atoms with E-state index in [1.807, 2.05) is 12.1 Å². The van der Waals surface area contributed by atoms with E-state index < -0.39 is 0 Å². The van der Waals surface area contributed by atoms with Gasteiger partial charge in [0.15, 0.2) is 24.7 Å². The number of carbonyl (C=O) groups is 1. The maximum absolute atomic E-state index is 13.0. The van der Waals surface area contributed by atoms with Crippen LogP contribution in [0.3, 0.4) is 0 Å². The van der Waals surface area contributed by atoms with Crippen molar-refractivity contribution < 1.29 is 9.36 Å². The van der Waals surface area contributed by atoms with Crippen LogP contribution in [0.2, 0.25) is 0 Å². The molecule has 1 heterocycles. The Balaban J connectivity index is 1.49. The van der Waals surface area contributed by atoms with Gasteiger partial charge in [0.25, 0.3) is 0 Å². The molecule has 142 valence electrons. The molecule has 0 N–H and O–H groups in total. The number of nitrogens with zero attached hydrogens (tertiary/aromatic N) is 1. The predicted molar refractivity (Wildman–Crippen MR) is 116 cm³/mol. The predicted octanol–water partition coefficient (Wildman–Crippen LogP) is 5.39. The molecule has 1 unspecified atom stereocenters. The molecule has 0 saturated heterocycles. The van der Waals surface area contributed by atoms with Crippen molar-refractivity contribution in [3.8, 4) is 0 Å². The van der Waals surface area contributed by atoms with E-state index in [4.69, 9.17) is 0 Å². The van der Waals surface area contributed by atoms with Crippen molar-refractivity contribution in [2.45, 2.75) is 39.7 Å². The van der Waals surface area contributed by atoms with E-state index in [1.165, 1.54) is 27.8 Å². The van der Waals surface area contributed by atoms with E-state index in [0.717, 1.165) is 35.8 Å². The Kier molecular flexibility index (Phi) is 5.45.